The first-order valence-corrected chi connectivity index (χ1v) is 6.28. The van der Waals surface area contributed by atoms with Crippen molar-refractivity contribution in [1.82, 2.24) is 15.4 Å². The highest BCUT2D eigenvalue weighted by Gasteiger charge is 2.45. The average molecular weight is 329 g/mol. The van der Waals surface area contributed by atoms with Crippen LogP contribution < -0.4 is 0 Å². The van der Waals surface area contributed by atoms with Crippen LogP contribution in [0.25, 0.3) is 16.8 Å². The summed E-state index contributed by atoms with van der Waals surface area (Å²) < 4.78 is 42.4. The van der Waals surface area contributed by atoms with Crippen LogP contribution in [0.3, 0.4) is 0 Å². The molecule has 0 saturated heterocycles. The van der Waals surface area contributed by atoms with Gasteiger partial charge in [-0.05, 0) is 25.1 Å². The normalized spacial score (nSPS) is 12.9. The third-order valence-electron chi connectivity index (χ3n) is 2.80. The minimum absolute atomic E-state index is 0.191. The molecule has 1 aromatic carbocycles. The van der Waals surface area contributed by atoms with Crippen LogP contribution in [0.2, 0.25) is 0 Å². The number of H-pyrrole nitrogens is 1. The zero-order valence-corrected chi connectivity index (χ0v) is 11.6. The van der Waals surface area contributed by atoms with Gasteiger partial charge in [-0.15, -0.1) is 5.10 Å². The summed E-state index contributed by atoms with van der Waals surface area (Å²) in [6.45, 7) is 1.09. The number of ether oxygens (including phenoxy) is 1. The van der Waals surface area contributed by atoms with Crippen molar-refractivity contribution in [3.05, 3.63) is 29.3 Å². The van der Waals surface area contributed by atoms with Crippen LogP contribution in [-0.2, 0) is 14.3 Å². The molecule has 0 amide bonds. The summed E-state index contributed by atoms with van der Waals surface area (Å²) >= 11 is 0. The molecule has 2 aromatic rings. The van der Waals surface area contributed by atoms with Gasteiger partial charge < -0.3 is 9.84 Å². The van der Waals surface area contributed by atoms with Crippen LogP contribution in [0.5, 0.6) is 0 Å². The number of ketones is 1. The van der Waals surface area contributed by atoms with E-state index in [2.05, 4.69) is 20.1 Å². The van der Waals surface area contributed by atoms with Gasteiger partial charge >= 0.3 is 12.1 Å². The van der Waals surface area contributed by atoms with Gasteiger partial charge in [0, 0.05) is 5.56 Å². The van der Waals surface area contributed by atoms with E-state index in [1.54, 1.807) is 0 Å². The molecule has 23 heavy (non-hydrogen) atoms. The highest BCUT2D eigenvalue weighted by atomic mass is 19.4. The lowest BCUT2D eigenvalue weighted by Gasteiger charge is -2.11. The molecule has 0 atom stereocenters. The molecule has 7 nitrogen and oxygen atoms in total. The van der Waals surface area contributed by atoms with E-state index in [-0.39, 0.29) is 12.2 Å². The van der Waals surface area contributed by atoms with Gasteiger partial charge in [-0.1, -0.05) is 5.21 Å². The fraction of sp³-hybridized carbons (Fsp3) is 0.231. The fourth-order valence-corrected chi connectivity index (χ4v) is 1.78. The predicted molar refractivity (Wildman–Crippen MR) is 71.1 cm³/mol. The number of rotatable bonds is 4. The molecule has 0 bridgehead atoms. The number of halogens is 3. The van der Waals surface area contributed by atoms with Crippen LogP contribution >= 0.6 is 0 Å². The van der Waals surface area contributed by atoms with E-state index in [1.165, 1.54) is 25.1 Å². The maximum absolute atomic E-state index is 12.7. The van der Waals surface area contributed by atoms with Crippen molar-refractivity contribution in [2.45, 2.75) is 13.1 Å². The Morgan fingerprint density at radius 3 is 2.65 bits per heavy atom. The molecule has 2 rings (SSSR count). The van der Waals surface area contributed by atoms with Gasteiger partial charge in [0.15, 0.2) is 5.57 Å². The quantitative estimate of drug-likeness (QED) is 0.292. The molecule has 122 valence electrons. The zero-order valence-electron chi connectivity index (χ0n) is 11.6. The molecule has 0 aliphatic rings. The highest BCUT2D eigenvalue weighted by Crippen LogP contribution is 2.27. The van der Waals surface area contributed by atoms with E-state index in [4.69, 9.17) is 0 Å². The molecule has 2 N–H and O–H groups in total. The molecular weight excluding hydrogens is 319 g/mol. The number of carbonyl (C=O) groups is 2. The van der Waals surface area contributed by atoms with Crippen molar-refractivity contribution in [2.24, 2.45) is 0 Å². The van der Waals surface area contributed by atoms with Crippen molar-refractivity contribution >= 4 is 28.5 Å². The predicted octanol–water partition coefficient (Wildman–Crippen LogP) is 1.92. The van der Waals surface area contributed by atoms with Gasteiger partial charge in [-0.25, -0.2) is 4.79 Å². The van der Waals surface area contributed by atoms with Crippen LogP contribution in [0.1, 0.15) is 12.5 Å². The molecule has 0 fully saturated rings. The minimum Gasteiger partial charge on any atom is -0.506 e. The van der Waals surface area contributed by atoms with Gasteiger partial charge in [0.2, 0.25) is 0 Å². The fourth-order valence-electron chi connectivity index (χ4n) is 1.78. The number of aliphatic hydroxyl groups excluding tert-OH is 1. The molecule has 0 radical (unpaired) electrons. The molecule has 1 aromatic heterocycles. The second-order valence-corrected chi connectivity index (χ2v) is 4.31. The molecule has 0 spiro atoms. The van der Waals surface area contributed by atoms with Crippen LogP contribution in [0.15, 0.2) is 23.8 Å². The molecule has 1 heterocycles. The van der Waals surface area contributed by atoms with Gasteiger partial charge in [-0.2, -0.15) is 13.2 Å². The largest absolute Gasteiger partial charge is 0.506 e. The summed E-state index contributed by atoms with van der Waals surface area (Å²) in [7, 11) is 0. The zero-order chi connectivity index (χ0) is 17.2. The Balaban J connectivity index is 2.59. The number of nitrogens with one attached hydrogen (secondary N) is 1. The third-order valence-corrected chi connectivity index (χ3v) is 2.80. The number of alkyl halides is 3. The topological polar surface area (TPSA) is 105 Å². The number of benzene rings is 1. The Morgan fingerprint density at radius 2 is 2.04 bits per heavy atom. The second-order valence-electron chi connectivity index (χ2n) is 4.31. The lowest BCUT2D eigenvalue weighted by Crippen LogP contribution is -2.30. The number of aromatic amines is 1. The summed E-state index contributed by atoms with van der Waals surface area (Å²) in [6.07, 6.45) is -5.34. The number of nitrogens with zero attached hydrogens (tertiary/aromatic N) is 2. The van der Waals surface area contributed by atoms with E-state index in [0.717, 1.165) is 0 Å². The molecule has 0 unspecified atom stereocenters. The lowest BCUT2D eigenvalue weighted by atomic mass is 10.0. The molecule has 10 heteroatoms. The summed E-state index contributed by atoms with van der Waals surface area (Å²) in [4.78, 5) is 23.1. The molecule has 0 saturated carbocycles. The maximum atomic E-state index is 12.7. The van der Waals surface area contributed by atoms with Crippen molar-refractivity contribution < 1.29 is 32.6 Å². The number of fused-ring (bicyclic) bond motifs is 1. The van der Waals surface area contributed by atoms with Crippen molar-refractivity contribution in [3.8, 4) is 0 Å². The van der Waals surface area contributed by atoms with Crippen molar-refractivity contribution in [2.75, 3.05) is 6.61 Å². The van der Waals surface area contributed by atoms with Crippen molar-refractivity contribution in [3.63, 3.8) is 0 Å². The van der Waals surface area contributed by atoms with Gasteiger partial charge in [0.25, 0.3) is 5.78 Å². The lowest BCUT2D eigenvalue weighted by molar-refractivity contribution is -0.168. The van der Waals surface area contributed by atoms with Crippen LogP contribution in [0, 0.1) is 0 Å². The Labute approximate surface area is 126 Å². The molecule has 0 aliphatic carbocycles. The SMILES string of the molecule is CCOC(=O)/C(C(=O)C(F)(F)F)=C(\O)c1ccc2nn[nH]c2c1. The second kappa shape index (κ2) is 6.07. The Bertz CT molecular complexity index is 795. The molecular formula is C13H10F3N3O4. The average Bonchev–Trinajstić information content (AvgIpc) is 2.93. The first kappa shape index (κ1) is 16.5. The van der Waals surface area contributed by atoms with E-state index in [0.29, 0.717) is 11.0 Å². The Hall–Kier alpha value is -2.91. The Kier molecular flexibility index (Phi) is 4.34. The maximum Gasteiger partial charge on any atom is 0.455 e. The number of hydrogen-bond acceptors (Lipinski definition) is 6. The van der Waals surface area contributed by atoms with Crippen molar-refractivity contribution in [1.29, 1.82) is 0 Å². The van der Waals surface area contributed by atoms with Gasteiger partial charge in [0.05, 0.1) is 12.1 Å². The summed E-state index contributed by atoms with van der Waals surface area (Å²) in [5.74, 6) is -5.19. The number of carbonyl (C=O) groups excluding carboxylic acids is 2. The number of hydrogen-bond donors (Lipinski definition) is 2. The summed E-state index contributed by atoms with van der Waals surface area (Å²) in [6, 6.07) is 3.75. The summed E-state index contributed by atoms with van der Waals surface area (Å²) in [5.41, 5.74) is -0.978. The number of aliphatic hydroxyl groups is 1. The molecule has 0 aliphatic heterocycles. The number of Topliss-reactive ketones (excluding diaryl/α,β-unsaturated/α-hetero) is 1. The van der Waals surface area contributed by atoms with Gasteiger partial charge in [0.1, 0.15) is 11.3 Å². The number of esters is 1. The summed E-state index contributed by atoms with van der Waals surface area (Å²) in [5, 5.41) is 19.6. The first-order valence-electron chi connectivity index (χ1n) is 6.28. The minimum atomic E-state index is -5.34. The first-order chi connectivity index (χ1) is 10.8. The Morgan fingerprint density at radius 1 is 1.35 bits per heavy atom. The van der Waals surface area contributed by atoms with E-state index >= 15 is 0 Å². The number of aromatic nitrogens is 3. The van der Waals surface area contributed by atoms with Crippen LogP contribution in [-0.4, -0.2) is 45.1 Å². The van der Waals surface area contributed by atoms with E-state index < -0.39 is 29.3 Å². The van der Waals surface area contributed by atoms with Crippen LogP contribution in [0.4, 0.5) is 13.2 Å². The van der Waals surface area contributed by atoms with E-state index in [9.17, 15) is 27.9 Å². The monoisotopic (exact) mass is 329 g/mol. The smallest absolute Gasteiger partial charge is 0.455 e. The highest BCUT2D eigenvalue weighted by molar-refractivity contribution is 6.23. The van der Waals surface area contributed by atoms with E-state index in [1.807, 2.05) is 0 Å². The third kappa shape index (κ3) is 3.30. The van der Waals surface area contributed by atoms with Gasteiger partial charge in [-0.3, -0.25) is 9.89 Å². The standard InChI is InChI=1S/C13H10F3N3O4/c1-2-23-12(22)9(11(21)13(14,15)16)10(20)6-3-4-7-8(5-6)18-19-17-7/h3-5,20H,2H2,1H3,(H,17,18,19)/b10-9-.